The molecule has 0 aromatic rings. The minimum Gasteiger partial charge on any atom is -0.465 e. The van der Waals surface area contributed by atoms with Gasteiger partial charge in [0.2, 0.25) is 0 Å². The van der Waals surface area contributed by atoms with E-state index in [-0.39, 0.29) is 18.6 Å². The Balaban J connectivity index is 2.67. The van der Waals surface area contributed by atoms with Crippen LogP contribution in [0.2, 0.25) is 0 Å². The largest absolute Gasteiger partial charge is 0.465 e. The highest BCUT2D eigenvalue weighted by Gasteiger charge is 2.47. The van der Waals surface area contributed by atoms with Crippen LogP contribution in [-0.2, 0) is 9.53 Å². The first-order valence-corrected chi connectivity index (χ1v) is 6.37. The third kappa shape index (κ3) is 4.07. The summed E-state index contributed by atoms with van der Waals surface area (Å²) in [6.45, 7) is 1.02. The van der Waals surface area contributed by atoms with Crippen LogP contribution in [0.5, 0.6) is 0 Å². The Morgan fingerprint density at radius 3 is 2.63 bits per heavy atom. The standard InChI is InChI=1S/C12H21F3N2O2/c1-4-19-10(18)11(16-2)6-5-9(7-11)17(3)8-12(13,14)15/h9,16H,4-8H2,1-3H3. The summed E-state index contributed by atoms with van der Waals surface area (Å²) >= 11 is 0. The molecule has 2 atom stereocenters. The molecule has 0 aromatic carbocycles. The van der Waals surface area contributed by atoms with E-state index in [2.05, 4.69) is 5.32 Å². The Morgan fingerprint density at radius 1 is 1.53 bits per heavy atom. The minimum atomic E-state index is -4.22. The topological polar surface area (TPSA) is 41.6 Å². The van der Waals surface area contributed by atoms with Gasteiger partial charge in [-0.05, 0) is 40.3 Å². The Morgan fingerprint density at radius 2 is 2.16 bits per heavy atom. The molecule has 0 aliphatic heterocycles. The SMILES string of the molecule is CCOC(=O)C1(NC)CCC(N(C)CC(F)(F)F)C1. The molecule has 2 unspecified atom stereocenters. The summed E-state index contributed by atoms with van der Waals surface area (Å²) in [7, 11) is 3.08. The Bertz CT molecular complexity index is 323. The van der Waals surface area contributed by atoms with Crippen LogP contribution in [-0.4, -0.2) is 55.9 Å². The first-order valence-electron chi connectivity index (χ1n) is 6.37. The molecule has 1 aliphatic rings. The lowest BCUT2D eigenvalue weighted by molar-refractivity contribution is -0.152. The lowest BCUT2D eigenvalue weighted by Crippen LogP contribution is -2.50. The van der Waals surface area contributed by atoms with Crippen LogP contribution in [0.15, 0.2) is 0 Å². The molecule has 0 aromatic heterocycles. The molecule has 1 aliphatic carbocycles. The second kappa shape index (κ2) is 6.09. The first kappa shape index (κ1) is 16.2. The van der Waals surface area contributed by atoms with E-state index in [0.29, 0.717) is 19.3 Å². The molecule has 1 fully saturated rings. The van der Waals surface area contributed by atoms with Crippen molar-refractivity contribution in [2.45, 2.75) is 43.9 Å². The van der Waals surface area contributed by atoms with E-state index in [0.717, 1.165) is 0 Å². The maximum Gasteiger partial charge on any atom is 0.401 e. The van der Waals surface area contributed by atoms with Gasteiger partial charge in [0.1, 0.15) is 5.54 Å². The van der Waals surface area contributed by atoms with Crippen LogP contribution in [0.25, 0.3) is 0 Å². The number of halogens is 3. The summed E-state index contributed by atoms with van der Waals surface area (Å²) in [5.41, 5.74) is -0.847. The molecule has 0 radical (unpaired) electrons. The fraction of sp³-hybridized carbons (Fsp3) is 0.917. The number of hydrogen-bond donors (Lipinski definition) is 1. The van der Waals surface area contributed by atoms with E-state index < -0.39 is 18.3 Å². The third-order valence-electron chi connectivity index (χ3n) is 3.69. The van der Waals surface area contributed by atoms with Crippen molar-refractivity contribution in [3.8, 4) is 0 Å². The second-order valence-corrected chi connectivity index (χ2v) is 4.98. The normalized spacial score (nSPS) is 27.8. The van der Waals surface area contributed by atoms with Crippen molar-refractivity contribution < 1.29 is 22.7 Å². The molecule has 0 heterocycles. The van der Waals surface area contributed by atoms with Gasteiger partial charge in [-0.3, -0.25) is 9.69 Å². The predicted molar refractivity (Wildman–Crippen MR) is 64.7 cm³/mol. The number of hydrogen-bond acceptors (Lipinski definition) is 4. The van der Waals surface area contributed by atoms with Crippen molar-refractivity contribution in [2.24, 2.45) is 0 Å². The highest BCUT2D eigenvalue weighted by molar-refractivity contribution is 5.81. The molecule has 4 nitrogen and oxygen atoms in total. The van der Waals surface area contributed by atoms with Gasteiger partial charge >= 0.3 is 12.1 Å². The van der Waals surface area contributed by atoms with E-state index in [1.165, 1.54) is 11.9 Å². The highest BCUT2D eigenvalue weighted by atomic mass is 19.4. The summed E-state index contributed by atoms with van der Waals surface area (Å²) in [5, 5.41) is 2.93. The average molecular weight is 282 g/mol. The zero-order chi connectivity index (χ0) is 14.7. The van der Waals surface area contributed by atoms with Crippen LogP contribution >= 0.6 is 0 Å². The maximum absolute atomic E-state index is 12.4. The third-order valence-corrected chi connectivity index (χ3v) is 3.69. The summed E-state index contributed by atoms with van der Waals surface area (Å²) < 4.78 is 42.1. The average Bonchev–Trinajstić information content (AvgIpc) is 2.72. The Kier molecular flexibility index (Phi) is 5.20. The Hall–Kier alpha value is -0.820. The lowest BCUT2D eigenvalue weighted by Gasteiger charge is -2.29. The molecule has 0 bridgehead atoms. The number of likely N-dealkylation sites (N-methyl/N-ethyl adjacent to an activating group) is 1. The first-order chi connectivity index (χ1) is 8.74. The summed E-state index contributed by atoms with van der Waals surface area (Å²) in [6.07, 6.45) is -2.83. The van der Waals surface area contributed by atoms with E-state index >= 15 is 0 Å². The van der Waals surface area contributed by atoms with Crippen LogP contribution < -0.4 is 5.32 Å². The maximum atomic E-state index is 12.4. The highest BCUT2D eigenvalue weighted by Crippen LogP contribution is 2.34. The van der Waals surface area contributed by atoms with E-state index in [9.17, 15) is 18.0 Å². The number of esters is 1. The summed E-state index contributed by atoms with van der Waals surface area (Å²) in [6, 6.07) is -0.265. The molecule has 1 N–H and O–H groups in total. The van der Waals surface area contributed by atoms with E-state index in [1.54, 1.807) is 14.0 Å². The molecule has 1 saturated carbocycles. The quantitative estimate of drug-likeness (QED) is 0.777. The molecule has 19 heavy (non-hydrogen) atoms. The fourth-order valence-corrected chi connectivity index (χ4v) is 2.59. The van der Waals surface area contributed by atoms with Gasteiger partial charge in [-0.2, -0.15) is 13.2 Å². The van der Waals surface area contributed by atoms with Gasteiger partial charge < -0.3 is 10.1 Å². The number of nitrogens with one attached hydrogen (secondary N) is 1. The van der Waals surface area contributed by atoms with Crippen LogP contribution in [0, 0.1) is 0 Å². The van der Waals surface area contributed by atoms with Gasteiger partial charge in [-0.15, -0.1) is 0 Å². The van der Waals surface area contributed by atoms with Crippen molar-refractivity contribution in [1.29, 1.82) is 0 Å². The molecule has 1 rings (SSSR count). The zero-order valence-electron chi connectivity index (χ0n) is 11.5. The van der Waals surface area contributed by atoms with Crippen LogP contribution in [0.4, 0.5) is 13.2 Å². The molecular formula is C12H21F3N2O2. The Labute approximate surface area is 111 Å². The molecular weight excluding hydrogens is 261 g/mol. The molecule has 0 saturated heterocycles. The van der Waals surface area contributed by atoms with Crippen molar-refractivity contribution in [3.05, 3.63) is 0 Å². The molecule has 0 spiro atoms. The summed E-state index contributed by atoms with van der Waals surface area (Å²) in [4.78, 5) is 13.2. The number of ether oxygens (including phenoxy) is 1. The van der Waals surface area contributed by atoms with Gasteiger partial charge in [-0.25, -0.2) is 0 Å². The predicted octanol–water partition coefficient (Wildman–Crippen LogP) is 1.55. The fourth-order valence-electron chi connectivity index (χ4n) is 2.59. The number of rotatable bonds is 5. The van der Waals surface area contributed by atoms with Gasteiger partial charge in [0, 0.05) is 6.04 Å². The smallest absolute Gasteiger partial charge is 0.401 e. The summed E-state index contributed by atoms with van der Waals surface area (Å²) in [5.74, 6) is -0.375. The van der Waals surface area contributed by atoms with E-state index in [1.807, 2.05) is 0 Å². The number of nitrogens with zero attached hydrogens (tertiary/aromatic N) is 1. The van der Waals surface area contributed by atoms with Crippen molar-refractivity contribution in [3.63, 3.8) is 0 Å². The number of alkyl halides is 3. The van der Waals surface area contributed by atoms with E-state index in [4.69, 9.17) is 4.74 Å². The molecule has 112 valence electrons. The van der Waals surface area contributed by atoms with Crippen LogP contribution in [0.3, 0.4) is 0 Å². The minimum absolute atomic E-state index is 0.265. The number of carbonyl (C=O) groups is 1. The monoisotopic (exact) mass is 282 g/mol. The van der Waals surface area contributed by atoms with Crippen LogP contribution in [0.1, 0.15) is 26.2 Å². The molecule has 7 heteroatoms. The van der Waals surface area contributed by atoms with Gasteiger partial charge in [-0.1, -0.05) is 0 Å². The van der Waals surface area contributed by atoms with Crippen molar-refractivity contribution in [1.82, 2.24) is 10.2 Å². The zero-order valence-corrected chi connectivity index (χ0v) is 11.5. The van der Waals surface area contributed by atoms with Gasteiger partial charge in [0.15, 0.2) is 0 Å². The molecule has 0 amide bonds. The number of carbonyl (C=O) groups excluding carboxylic acids is 1. The van der Waals surface area contributed by atoms with Crippen molar-refractivity contribution >= 4 is 5.97 Å². The lowest BCUT2D eigenvalue weighted by atomic mass is 9.97. The van der Waals surface area contributed by atoms with Gasteiger partial charge in [0.05, 0.1) is 13.2 Å². The van der Waals surface area contributed by atoms with Crippen molar-refractivity contribution in [2.75, 3.05) is 27.2 Å². The van der Waals surface area contributed by atoms with Gasteiger partial charge in [0.25, 0.3) is 0 Å². The second-order valence-electron chi connectivity index (χ2n) is 4.98.